The zero-order valence-corrected chi connectivity index (χ0v) is 14.0. The Hall–Kier alpha value is -0.420. The standard InChI is InChI=1S/C16H29N3S/c1-4-15(3)19-10-8-18(9-11-19)7-6-17-13-16-14(2)5-12-20-16/h5,12,15,17H,4,6-11,13H2,1-3H3. The molecule has 1 aromatic rings. The summed E-state index contributed by atoms with van der Waals surface area (Å²) in [5.74, 6) is 0. The molecule has 1 saturated heterocycles. The molecule has 20 heavy (non-hydrogen) atoms. The highest BCUT2D eigenvalue weighted by Gasteiger charge is 2.19. The van der Waals surface area contributed by atoms with Crippen LogP contribution in [0.15, 0.2) is 11.4 Å². The van der Waals surface area contributed by atoms with E-state index in [0.29, 0.717) is 0 Å². The van der Waals surface area contributed by atoms with E-state index in [-0.39, 0.29) is 0 Å². The Morgan fingerprint density at radius 2 is 2.05 bits per heavy atom. The molecular formula is C16H29N3S. The predicted molar refractivity (Wildman–Crippen MR) is 88.5 cm³/mol. The summed E-state index contributed by atoms with van der Waals surface area (Å²) in [6.45, 7) is 15.1. The van der Waals surface area contributed by atoms with Crippen LogP contribution in [0.3, 0.4) is 0 Å². The van der Waals surface area contributed by atoms with Crippen LogP contribution in [0.25, 0.3) is 0 Å². The largest absolute Gasteiger partial charge is 0.311 e. The average molecular weight is 295 g/mol. The predicted octanol–water partition coefficient (Wildman–Crippen LogP) is 2.56. The monoisotopic (exact) mass is 295 g/mol. The van der Waals surface area contributed by atoms with Crippen LogP contribution in [0.4, 0.5) is 0 Å². The van der Waals surface area contributed by atoms with Gasteiger partial charge in [0.25, 0.3) is 0 Å². The van der Waals surface area contributed by atoms with E-state index < -0.39 is 0 Å². The molecule has 1 unspecified atom stereocenters. The summed E-state index contributed by atoms with van der Waals surface area (Å²) in [6.07, 6.45) is 1.27. The van der Waals surface area contributed by atoms with Gasteiger partial charge < -0.3 is 5.32 Å². The molecule has 2 rings (SSSR count). The van der Waals surface area contributed by atoms with Crippen LogP contribution in [0.2, 0.25) is 0 Å². The lowest BCUT2D eigenvalue weighted by atomic mass is 10.2. The Balaban J connectivity index is 1.58. The maximum atomic E-state index is 3.58. The molecule has 0 saturated carbocycles. The minimum Gasteiger partial charge on any atom is -0.311 e. The quantitative estimate of drug-likeness (QED) is 0.780. The SMILES string of the molecule is CCC(C)N1CCN(CCNCc2sccc2C)CC1. The number of hydrogen-bond acceptors (Lipinski definition) is 4. The Labute approximate surface area is 128 Å². The van der Waals surface area contributed by atoms with Gasteiger partial charge in [0.1, 0.15) is 0 Å². The number of thiophene rings is 1. The van der Waals surface area contributed by atoms with Gasteiger partial charge >= 0.3 is 0 Å². The molecule has 1 fully saturated rings. The van der Waals surface area contributed by atoms with Crippen LogP contribution < -0.4 is 5.32 Å². The van der Waals surface area contributed by atoms with E-state index in [9.17, 15) is 0 Å². The number of rotatable bonds is 7. The maximum absolute atomic E-state index is 3.58. The number of nitrogens with zero attached hydrogens (tertiary/aromatic N) is 2. The average Bonchev–Trinajstić information content (AvgIpc) is 2.89. The third-order valence-corrected chi connectivity index (χ3v) is 5.50. The lowest BCUT2D eigenvalue weighted by Gasteiger charge is -2.37. The second-order valence-corrected chi connectivity index (χ2v) is 6.84. The van der Waals surface area contributed by atoms with Crippen molar-refractivity contribution in [1.82, 2.24) is 15.1 Å². The lowest BCUT2D eigenvalue weighted by Crippen LogP contribution is -2.50. The van der Waals surface area contributed by atoms with E-state index in [2.05, 4.69) is 47.3 Å². The third-order valence-electron chi connectivity index (χ3n) is 4.48. The van der Waals surface area contributed by atoms with E-state index in [1.54, 1.807) is 0 Å². The zero-order chi connectivity index (χ0) is 14.4. The van der Waals surface area contributed by atoms with Crippen LogP contribution >= 0.6 is 11.3 Å². The summed E-state index contributed by atoms with van der Waals surface area (Å²) in [7, 11) is 0. The minimum absolute atomic E-state index is 0.747. The molecule has 1 aromatic heterocycles. The fraction of sp³-hybridized carbons (Fsp3) is 0.750. The van der Waals surface area contributed by atoms with Crippen LogP contribution in [-0.2, 0) is 6.54 Å². The number of hydrogen-bond donors (Lipinski definition) is 1. The molecule has 2 heterocycles. The highest BCUT2D eigenvalue weighted by atomic mass is 32.1. The van der Waals surface area contributed by atoms with Gasteiger partial charge in [0, 0.05) is 56.7 Å². The van der Waals surface area contributed by atoms with Gasteiger partial charge in [-0.25, -0.2) is 0 Å². The summed E-state index contributed by atoms with van der Waals surface area (Å²) < 4.78 is 0. The molecule has 0 amide bonds. The van der Waals surface area contributed by atoms with Gasteiger partial charge in [-0.05, 0) is 37.3 Å². The van der Waals surface area contributed by atoms with Gasteiger partial charge in [-0.2, -0.15) is 0 Å². The fourth-order valence-electron chi connectivity index (χ4n) is 2.71. The summed E-state index contributed by atoms with van der Waals surface area (Å²) in [6, 6.07) is 2.95. The van der Waals surface area contributed by atoms with E-state index >= 15 is 0 Å². The highest BCUT2D eigenvalue weighted by Crippen LogP contribution is 2.14. The van der Waals surface area contributed by atoms with E-state index in [1.165, 1.54) is 49.6 Å². The minimum atomic E-state index is 0.747. The van der Waals surface area contributed by atoms with Gasteiger partial charge in [0.15, 0.2) is 0 Å². The van der Waals surface area contributed by atoms with Crippen molar-refractivity contribution in [2.45, 2.75) is 39.8 Å². The van der Waals surface area contributed by atoms with E-state index in [4.69, 9.17) is 0 Å². The second kappa shape index (κ2) is 8.13. The van der Waals surface area contributed by atoms with Crippen molar-refractivity contribution in [2.75, 3.05) is 39.3 Å². The molecule has 114 valence electrons. The van der Waals surface area contributed by atoms with Crippen molar-refractivity contribution in [3.63, 3.8) is 0 Å². The highest BCUT2D eigenvalue weighted by molar-refractivity contribution is 7.10. The summed E-state index contributed by atoms with van der Waals surface area (Å²) in [4.78, 5) is 6.69. The first-order valence-corrected chi connectivity index (χ1v) is 8.78. The Morgan fingerprint density at radius 3 is 2.65 bits per heavy atom. The Kier molecular flexibility index (Phi) is 6.49. The summed E-state index contributed by atoms with van der Waals surface area (Å²) in [5.41, 5.74) is 1.42. The Morgan fingerprint density at radius 1 is 1.30 bits per heavy atom. The van der Waals surface area contributed by atoms with E-state index in [0.717, 1.165) is 19.1 Å². The number of aryl methyl sites for hydroxylation is 1. The molecule has 0 radical (unpaired) electrons. The molecule has 0 bridgehead atoms. The van der Waals surface area contributed by atoms with Crippen LogP contribution in [0.1, 0.15) is 30.7 Å². The van der Waals surface area contributed by atoms with Crippen LogP contribution in [0, 0.1) is 6.92 Å². The third kappa shape index (κ3) is 4.55. The van der Waals surface area contributed by atoms with Gasteiger partial charge in [-0.15, -0.1) is 11.3 Å². The van der Waals surface area contributed by atoms with E-state index in [1.807, 2.05) is 11.3 Å². The molecule has 1 atom stereocenters. The molecule has 0 aromatic carbocycles. The normalized spacial score (nSPS) is 19.4. The van der Waals surface area contributed by atoms with Gasteiger partial charge in [-0.1, -0.05) is 6.92 Å². The van der Waals surface area contributed by atoms with Crippen molar-refractivity contribution in [3.05, 3.63) is 21.9 Å². The first-order chi connectivity index (χ1) is 9.70. The van der Waals surface area contributed by atoms with Crippen molar-refractivity contribution in [1.29, 1.82) is 0 Å². The molecular weight excluding hydrogens is 266 g/mol. The molecule has 1 N–H and O–H groups in total. The van der Waals surface area contributed by atoms with Crippen molar-refractivity contribution in [2.24, 2.45) is 0 Å². The van der Waals surface area contributed by atoms with Gasteiger partial charge in [0.2, 0.25) is 0 Å². The van der Waals surface area contributed by atoms with Crippen LogP contribution in [-0.4, -0.2) is 55.1 Å². The van der Waals surface area contributed by atoms with Gasteiger partial charge in [0.05, 0.1) is 0 Å². The van der Waals surface area contributed by atoms with Crippen molar-refractivity contribution >= 4 is 11.3 Å². The fourth-order valence-corrected chi connectivity index (χ4v) is 3.59. The number of piperazine rings is 1. The smallest absolute Gasteiger partial charge is 0.0302 e. The Bertz CT molecular complexity index is 383. The van der Waals surface area contributed by atoms with Crippen molar-refractivity contribution in [3.8, 4) is 0 Å². The molecule has 1 aliphatic heterocycles. The van der Waals surface area contributed by atoms with Crippen LogP contribution in [0.5, 0.6) is 0 Å². The molecule has 0 spiro atoms. The first-order valence-electron chi connectivity index (χ1n) is 7.90. The number of nitrogens with one attached hydrogen (secondary N) is 1. The van der Waals surface area contributed by atoms with Gasteiger partial charge in [-0.3, -0.25) is 9.80 Å². The maximum Gasteiger partial charge on any atom is 0.0302 e. The summed E-state index contributed by atoms with van der Waals surface area (Å²) >= 11 is 1.86. The molecule has 1 aliphatic rings. The molecule has 3 nitrogen and oxygen atoms in total. The topological polar surface area (TPSA) is 18.5 Å². The molecule has 4 heteroatoms. The van der Waals surface area contributed by atoms with Crippen molar-refractivity contribution < 1.29 is 0 Å². The lowest BCUT2D eigenvalue weighted by molar-refractivity contribution is 0.101. The molecule has 0 aliphatic carbocycles. The summed E-state index contributed by atoms with van der Waals surface area (Å²) in [5, 5.41) is 5.76. The second-order valence-electron chi connectivity index (χ2n) is 5.84. The zero-order valence-electron chi connectivity index (χ0n) is 13.2. The first kappa shape index (κ1) is 16.0.